The third-order valence-electron chi connectivity index (χ3n) is 2.85. The number of benzene rings is 2. The van der Waals surface area contributed by atoms with E-state index in [-0.39, 0.29) is 0 Å². The third kappa shape index (κ3) is 2.76. The second-order valence-electron chi connectivity index (χ2n) is 4.21. The Morgan fingerprint density at radius 3 is 2.45 bits per heavy atom. The summed E-state index contributed by atoms with van der Waals surface area (Å²) >= 11 is 7.58. The third-order valence-corrected chi connectivity index (χ3v) is 4.15. The lowest BCUT2D eigenvalue weighted by Crippen LogP contribution is -2.15. The summed E-state index contributed by atoms with van der Waals surface area (Å²) in [5.74, 6) is 1.53. The Bertz CT molecular complexity index is 658. The van der Waals surface area contributed by atoms with Crippen molar-refractivity contribution < 1.29 is 14.3 Å². The molecule has 2 aromatic carbocycles. The van der Waals surface area contributed by atoms with Crippen LogP contribution in [0.15, 0.2) is 46.2 Å². The van der Waals surface area contributed by atoms with E-state index in [0.29, 0.717) is 23.8 Å². The maximum Gasteiger partial charge on any atom is 0.162 e. The number of halogens is 1. The molecule has 1 aliphatic rings. The number of fused-ring (bicyclic) bond motifs is 1. The van der Waals surface area contributed by atoms with E-state index in [1.54, 1.807) is 23.9 Å². The summed E-state index contributed by atoms with van der Waals surface area (Å²) in [6.45, 7) is 1.16. The summed E-state index contributed by atoms with van der Waals surface area (Å²) in [6, 6.07) is 11.2. The van der Waals surface area contributed by atoms with Crippen LogP contribution in [-0.2, 0) is 0 Å². The summed E-state index contributed by atoms with van der Waals surface area (Å²) in [5.41, 5.74) is 0.498. The highest BCUT2D eigenvalue weighted by molar-refractivity contribution is 7.99. The maximum atomic E-state index is 10.7. The number of rotatable bonds is 3. The molecule has 0 saturated carbocycles. The van der Waals surface area contributed by atoms with Crippen LogP contribution in [0.3, 0.4) is 0 Å². The predicted molar refractivity (Wildman–Crippen MR) is 78.4 cm³/mol. The number of carbonyl (C=O) groups is 1. The highest BCUT2D eigenvalue weighted by Crippen LogP contribution is 2.37. The zero-order chi connectivity index (χ0) is 13.9. The van der Waals surface area contributed by atoms with Gasteiger partial charge in [0.1, 0.15) is 13.2 Å². The smallest absolute Gasteiger partial charge is 0.162 e. The molecule has 0 fully saturated rings. The van der Waals surface area contributed by atoms with Crippen LogP contribution in [0.2, 0.25) is 5.02 Å². The van der Waals surface area contributed by atoms with Crippen molar-refractivity contribution in [1.29, 1.82) is 0 Å². The Kier molecular flexibility index (Phi) is 3.85. The van der Waals surface area contributed by atoms with Crippen LogP contribution >= 0.6 is 23.4 Å². The summed E-state index contributed by atoms with van der Waals surface area (Å²) < 4.78 is 11.0. The first-order valence-electron chi connectivity index (χ1n) is 6.08. The van der Waals surface area contributed by atoms with Crippen molar-refractivity contribution in [3.63, 3.8) is 0 Å². The van der Waals surface area contributed by atoms with E-state index in [4.69, 9.17) is 21.1 Å². The lowest BCUT2D eigenvalue weighted by atomic mass is 10.2. The van der Waals surface area contributed by atoms with Gasteiger partial charge in [0, 0.05) is 15.4 Å². The van der Waals surface area contributed by atoms with E-state index in [0.717, 1.165) is 27.6 Å². The molecular formula is C15H11ClO3S. The van der Waals surface area contributed by atoms with Crippen molar-refractivity contribution >= 4 is 29.6 Å². The number of ether oxygens (including phenoxy) is 2. The topological polar surface area (TPSA) is 35.5 Å². The minimum Gasteiger partial charge on any atom is -0.486 e. The SMILES string of the molecule is O=Cc1ccc(Sc2ccc3c(c2)OCCO3)cc1Cl. The minimum atomic E-state index is 0.461. The first kappa shape index (κ1) is 13.3. The van der Waals surface area contributed by atoms with E-state index in [1.807, 2.05) is 24.3 Å². The number of aldehydes is 1. The van der Waals surface area contributed by atoms with Gasteiger partial charge in [0.15, 0.2) is 17.8 Å². The molecule has 102 valence electrons. The van der Waals surface area contributed by atoms with E-state index in [1.165, 1.54) is 0 Å². The Labute approximate surface area is 125 Å². The van der Waals surface area contributed by atoms with Gasteiger partial charge in [-0.2, -0.15) is 0 Å². The molecule has 0 saturated heterocycles. The van der Waals surface area contributed by atoms with Crippen LogP contribution in [-0.4, -0.2) is 19.5 Å². The molecule has 0 N–H and O–H groups in total. The van der Waals surface area contributed by atoms with Gasteiger partial charge < -0.3 is 9.47 Å². The first-order chi connectivity index (χ1) is 9.76. The molecule has 3 rings (SSSR count). The van der Waals surface area contributed by atoms with E-state index in [2.05, 4.69) is 0 Å². The molecule has 3 nitrogen and oxygen atoms in total. The number of hydrogen-bond donors (Lipinski definition) is 0. The van der Waals surface area contributed by atoms with Crippen molar-refractivity contribution in [3.8, 4) is 11.5 Å². The normalized spacial score (nSPS) is 13.1. The second-order valence-corrected chi connectivity index (χ2v) is 5.76. The van der Waals surface area contributed by atoms with Crippen molar-refractivity contribution in [2.45, 2.75) is 9.79 Å². The van der Waals surface area contributed by atoms with Gasteiger partial charge in [0.05, 0.1) is 5.02 Å². The van der Waals surface area contributed by atoms with Crippen LogP contribution in [0, 0.1) is 0 Å². The maximum absolute atomic E-state index is 10.7. The molecular weight excluding hydrogens is 296 g/mol. The van der Waals surface area contributed by atoms with Crippen LogP contribution in [0.5, 0.6) is 11.5 Å². The van der Waals surface area contributed by atoms with Gasteiger partial charge in [-0.25, -0.2) is 0 Å². The van der Waals surface area contributed by atoms with Crippen LogP contribution in [0.4, 0.5) is 0 Å². The zero-order valence-corrected chi connectivity index (χ0v) is 12.0. The lowest BCUT2D eigenvalue weighted by Gasteiger charge is -2.18. The summed E-state index contributed by atoms with van der Waals surface area (Å²) in [6.07, 6.45) is 0.751. The van der Waals surface area contributed by atoms with Gasteiger partial charge in [-0.3, -0.25) is 4.79 Å². The molecule has 0 spiro atoms. The predicted octanol–water partition coefficient (Wildman–Crippen LogP) is 4.07. The van der Waals surface area contributed by atoms with Gasteiger partial charge in [0.25, 0.3) is 0 Å². The van der Waals surface area contributed by atoms with Crippen molar-refractivity contribution in [3.05, 3.63) is 47.0 Å². The molecule has 0 amide bonds. The molecule has 1 aliphatic heterocycles. The summed E-state index contributed by atoms with van der Waals surface area (Å²) in [5, 5.41) is 0.461. The van der Waals surface area contributed by atoms with E-state index >= 15 is 0 Å². The Morgan fingerprint density at radius 1 is 1.00 bits per heavy atom. The largest absolute Gasteiger partial charge is 0.486 e. The molecule has 0 atom stereocenters. The van der Waals surface area contributed by atoms with Crippen LogP contribution in [0.25, 0.3) is 0 Å². The quantitative estimate of drug-likeness (QED) is 0.801. The Morgan fingerprint density at radius 2 is 1.70 bits per heavy atom. The molecule has 0 bridgehead atoms. The van der Waals surface area contributed by atoms with Crippen molar-refractivity contribution in [1.82, 2.24) is 0 Å². The van der Waals surface area contributed by atoms with Gasteiger partial charge in [-0.15, -0.1) is 0 Å². The van der Waals surface area contributed by atoms with Crippen molar-refractivity contribution in [2.24, 2.45) is 0 Å². The molecule has 0 unspecified atom stereocenters. The Hall–Kier alpha value is -1.65. The second kappa shape index (κ2) is 5.77. The molecule has 0 aliphatic carbocycles. The summed E-state index contributed by atoms with van der Waals surface area (Å²) in [4.78, 5) is 12.7. The zero-order valence-electron chi connectivity index (χ0n) is 10.5. The van der Waals surface area contributed by atoms with Crippen molar-refractivity contribution in [2.75, 3.05) is 13.2 Å². The highest BCUT2D eigenvalue weighted by Gasteiger charge is 2.12. The average molecular weight is 307 g/mol. The average Bonchev–Trinajstić information content (AvgIpc) is 2.47. The highest BCUT2D eigenvalue weighted by atomic mass is 35.5. The van der Waals surface area contributed by atoms with Crippen LogP contribution < -0.4 is 9.47 Å². The number of carbonyl (C=O) groups excluding carboxylic acids is 1. The molecule has 20 heavy (non-hydrogen) atoms. The standard InChI is InChI=1S/C15H11ClO3S/c16-13-7-11(2-1-10(13)9-17)20-12-3-4-14-15(8-12)19-6-5-18-14/h1-4,7-9H,5-6H2. The van der Waals surface area contributed by atoms with Gasteiger partial charge >= 0.3 is 0 Å². The van der Waals surface area contributed by atoms with E-state index < -0.39 is 0 Å². The monoisotopic (exact) mass is 306 g/mol. The molecule has 0 radical (unpaired) electrons. The fourth-order valence-electron chi connectivity index (χ4n) is 1.89. The van der Waals surface area contributed by atoms with E-state index in [9.17, 15) is 4.79 Å². The van der Waals surface area contributed by atoms with Gasteiger partial charge in [-0.05, 0) is 36.4 Å². The number of hydrogen-bond acceptors (Lipinski definition) is 4. The fraction of sp³-hybridized carbons (Fsp3) is 0.133. The van der Waals surface area contributed by atoms with Gasteiger partial charge in [-0.1, -0.05) is 23.4 Å². The minimum absolute atomic E-state index is 0.461. The lowest BCUT2D eigenvalue weighted by molar-refractivity contribution is 0.112. The fourth-order valence-corrected chi connectivity index (χ4v) is 3.07. The first-order valence-corrected chi connectivity index (χ1v) is 7.28. The molecule has 5 heteroatoms. The Balaban J connectivity index is 1.84. The summed E-state index contributed by atoms with van der Waals surface area (Å²) in [7, 11) is 0. The van der Waals surface area contributed by atoms with Crippen LogP contribution in [0.1, 0.15) is 10.4 Å². The molecule has 0 aromatic heterocycles. The molecule has 1 heterocycles. The molecule has 2 aromatic rings. The van der Waals surface area contributed by atoms with Gasteiger partial charge in [0.2, 0.25) is 0 Å².